The predicted molar refractivity (Wildman–Crippen MR) is 155 cm³/mol. The number of piperidine rings is 1. The molecule has 0 bridgehead atoms. The molecule has 204 valence electrons. The number of nitriles is 1. The van der Waals surface area contributed by atoms with Crippen LogP contribution in [-0.2, 0) is 9.59 Å². The third-order valence-electron chi connectivity index (χ3n) is 7.43. The molecule has 9 nitrogen and oxygen atoms in total. The number of rotatable bonds is 6. The number of benzene rings is 1. The summed E-state index contributed by atoms with van der Waals surface area (Å²) >= 11 is 0. The van der Waals surface area contributed by atoms with Crippen molar-refractivity contribution in [3.05, 3.63) is 59.5 Å². The van der Waals surface area contributed by atoms with Gasteiger partial charge < -0.3 is 20.4 Å². The minimum atomic E-state index is -0.360. The maximum Gasteiger partial charge on any atom is 0.291 e. The minimum Gasteiger partial charge on any atom is -0.362 e. The Morgan fingerprint density at radius 1 is 1.23 bits per heavy atom. The molecule has 0 radical (unpaired) electrons. The van der Waals surface area contributed by atoms with Crippen LogP contribution in [0.3, 0.4) is 0 Å². The first-order chi connectivity index (χ1) is 19.0. The van der Waals surface area contributed by atoms with E-state index in [-0.39, 0.29) is 17.6 Å². The molecule has 1 saturated heterocycles. The zero-order valence-corrected chi connectivity index (χ0v) is 22.8. The highest BCUT2D eigenvalue weighted by Crippen LogP contribution is 2.36. The first-order valence-corrected chi connectivity index (χ1v) is 13.6. The Hall–Kier alpha value is -4.19. The Kier molecular flexibility index (Phi) is 9.68. The van der Waals surface area contributed by atoms with Crippen molar-refractivity contribution in [2.45, 2.75) is 50.9 Å². The summed E-state index contributed by atoms with van der Waals surface area (Å²) in [6.07, 6.45) is 15.2. The molecule has 1 aliphatic carbocycles. The number of aliphatic imine (C=N–C) groups is 2. The van der Waals surface area contributed by atoms with Crippen molar-refractivity contribution in [1.82, 2.24) is 15.1 Å². The van der Waals surface area contributed by atoms with E-state index < -0.39 is 0 Å². The third kappa shape index (κ3) is 7.44. The molecule has 4 rings (SSSR count). The van der Waals surface area contributed by atoms with E-state index in [1.807, 2.05) is 35.1 Å². The van der Waals surface area contributed by atoms with Crippen LogP contribution in [0.1, 0.15) is 62.0 Å². The minimum absolute atomic E-state index is 0.132. The van der Waals surface area contributed by atoms with Gasteiger partial charge in [0.05, 0.1) is 18.8 Å². The fourth-order valence-corrected chi connectivity index (χ4v) is 5.21. The van der Waals surface area contributed by atoms with Crippen molar-refractivity contribution in [2.75, 3.05) is 39.0 Å². The number of nitrogens with one attached hydrogen (secondary N) is 2. The van der Waals surface area contributed by atoms with Crippen molar-refractivity contribution in [3.63, 3.8) is 0 Å². The number of hydrogen-bond donors (Lipinski definition) is 2. The van der Waals surface area contributed by atoms with Crippen LogP contribution in [0.15, 0.2) is 58.3 Å². The highest BCUT2D eigenvalue weighted by molar-refractivity contribution is 6.42. The number of likely N-dealkylation sites (tertiary alicyclic amines) is 1. The molecular formula is C30H37N7O2. The molecule has 0 saturated carbocycles. The second kappa shape index (κ2) is 13.6. The van der Waals surface area contributed by atoms with E-state index in [0.29, 0.717) is 12.3 Å². The van der Waals surface area contributed by atoms with Crippen LogP contribution in [0, 0.1) is 11.3 Å². The van der Waals surface area contributed by atoms with Gasteiger partial charge in [0.25, 0.3) is 5.91 Å². The largest absolute Gasteiger partial charge is 0.362 e. The van der Waals surface area contributed by atoms with Gasteiger partial charge >= 0.3 is 0 Å². The number of carbonyl (C=O) groups is 2. The van der Waals surface area contributed by atoms with E-state index in [1.54, 1.807) is 6.34 Å². The number of carbonyl (C=O) groups excluding carboxylic acids is 2. The Balaban J connectivity index is 1.45. The second-order valence-electron chi connectivity index (χ2n) is 10.1. The van der Waals surface area contributed by atoms with E-state index >= 15 is 0 Å². The van der Waals surface area contributed by atoms with Crippen molar-refractivity contribution in [1.29, 1.82) is 5.26 Å². The number of anilines is 1. The molecule has 1 aromatic carbocycles. The molecule has 2 aliphatic heterocycles. The summed E-state index contributed by atoms with van der Waals surface area (Å²) in [4.78, 5) is 38.1. The Morgan fingerprint density at radius 3 is 2.72 bits per heavy atom. The summed E-state index contributed by atoms with van der Waals surface area (Å²) in [6, 6.07) is 8.18. The maximum atomic E-state index is 12.9. The first-order valence-electron chi connectivity index (χ1n) is 13.6. The third-order valence-corrected chi connectivity index (χ3v) is 7.43. The summed E-state index contributed by atoms with van der Waals surface area (Å²) < 4.78 is 0. The van der Waals surface area contributed by atoms with Crippen LogP contribution in [0.2, 0.25) is 0 Å². The number of likely N-dealkylation sites (N-methyl/N-ethyl adjacent to an activating group) is 1. The molecule has 3 aliphatic rings. The molecule has 2 heterocycles. The zero-order valence-electron chi connectivity index (χ0n) is 22.8. The van der Waals surface area contributed by atoms with Crippen molar-refractivity contribution in [2.24, 2.45) is 9.98 Å². The number of allylic oxidation sites excluding steroid dienone is 3. The van der Waals surface area contributed by atoms with E-state index in [2.05, 4.69) is 38.8 Å². The summed E-state index contributed by atoms with van der Waals surface area (Å²) in [5.41, 5.74) is 5.14. The molecule has 1 aromatic rings. The lowest BCUT2D eigenvalue weighted by molar-refractivity contribution is -0.131. The smallest absolute Gasteiger partial charge is 0.291 e. The highest BCUT2D eigenvalue weighted by atomic mass is 16.2. The quantitative estimate of drug-likeness (QED) is 0.327. The van der Waals surface area contributed by atoms with Gasteiger partial charge in [-0.05, 0) is 73.8 Å². The molecule has 0 atom stereocenters. The number of nitrogens with zero attached hydrogens (tertiary/aromatic N) is 5. The lowest BCUT2D eigenvalue weighted by Gasteiger charge is -2.33. The fourth-order valence-electron chi connectivity index (χ4n) is 5.21. The predicted octanol–water partition coefficient (Wildman–Crippen LogP) is 4.19. The molecule has 2 N–H and O–H groups in total. The molecule has 1 fully saturated rings. The van der Waals surface area contributed by atoms with Gasteiger partial charge in [-0.1, -0.05) is 12.1 Å². The highest BCUT2D eigenvalue weighted by Gasteiger charge is 2.26. The van der Waals surface area contributed by atoms with Crippen LogP contribution in [0.5, 0.6) is 0 Å². The Labute approximate surface area is 230 Å². The normalized spacial score (nSPS) is 18.4. The second-order valence-corrected chi connectivity index (χ2v) is 10.1. The molecule has 9 heteroatoms. The summed E-state index contributed by atoms with van der Waals surface area (Å²) in [5.74, 6) is 0.265. The van der Waals surface area contributed by atoms with Crippen molar-refractivity contribution >= 4 is 35.2 Å². The average molecular weight is 528 g/mol. The molecule has 0 unspecified atom stereocenters. The Bertz CT molecular complexity index is 1260. The van der Waals surface area contributed by atoms with Gasteiger partial charge in [0, 0.05) is 63.0 Å². The molecule has 0 aromatic heterocycles. The molecule has 2 amide bonds. The van der Waals surface area contributed by atoms with Gasteiger partial charge in [0.1, 0.15) is 0 Å². The van der Waals surface area contributed by atoms with E-state index in [9.17, 15) is 9.59 Å². The fraction of sp³-hybridized carbons (Fsp3) is 0.433. The lowest BCUT2D eigenvalue weighted by Crippen LogP contribution is -2.38. The van der Waals surface area contributed by atoms with Crippen LogP contribution in [0.25, 0.3) is 5.57 Å². The van der Waals surface area contributed by atoms with Gasteiger partial charge in [-0.25, -0.2) is 4.99 Å². The van der Waals surface area contributed by atoms with E-state index in [1.165, 1.54) is 36.9 Å². The standard InChI is InChI=1S/C30H37N7O2/c1-32-29(33-15-6-14-31)30(39)35-27-10-9-24(19-26(27)23-7-4-3-5-8-23)22-11-17-37(18-12-22)28(38)20-25-13-16-36(2)21-34-25/h6-7,9-10,13,15,19,21-22H,3-5,8,11-12,16-18,20H2,1-2H3,(H,32,33)(H,35,39)/b15-6+. The monoisotopic (exact) mass is 527 g/mol. The van der Waals surface area contributed by atoms with Crippen LogP contribution in [-0.4, -0.2) is 67.5 Å². The van der Waals surface area contributed by atoms with Crippen molar-refractivity contribution < 1.29 is 9.59 Å². The van der Waals surface area contributed by atoms with Gasteiger partial charge in [-0.15, -0.1) is 0 Å². The van der Waals surface area contributed by atoms with Gasteiger partial charge in [-0.3, -0.25) is 14.6 Å². The topological polar surface area (TPSA) is 113 Å². The van der Waals surface area contributed by atoms with Crippen LogP contribution < -0.4 is 10.6 Å². The zero-order chi connectivity index (χ0) is 27.6. The van der Waals surface area contributed by atoms with Crippen LogP contribution in [0.4, 0.5) is 5.69 Å². The Morgan fingerprint density at radius 2 is 2.05 bits per heavy atom. The average Bonchev–Trinajstić information content (AvgIpc) is 2.97. The van der Waals surface area contributed by atoms with Crippen molar-refractivity contribution in [3.8, 4) is 6.07 Å². The molecule has 0 spiro atoms. The number of hydrogen-bond acceptors (Lipinski definition) is 6. The first kappa shape index (κ1) is 27.8. The summed E-state index contributed by atoms with van der Waals surface area (Å²) in [7, 11) is 3.50. The maximum absolute atomic E-state index is 12.9. The molecule has 39 heavy (non-hydrogen) atoms. The SMILES string of the molecule is CN=C(N/C=C/C#N)C(=O)Nc1ccc(C2CCN(C(=O)CC3=CCN(C)C=N3)CC2)cc1C1=CCCCC1. The van der Waals surface area contributed by atoms with Gasteiger partial charge in [0.2, 0.25) is 5.91 Å². The van der Waals surface area contributed by atoms with E-state index in [4.69, 9.17) is 5.26 Å². The van der Waals surface area contributed by atoms with Gasteiger partial charge in [0.15, 0.2) is 5.84 Å². The summed E-state index contributed by atoms with van der Waals surface area (Å²) in [6.45, 7) is 2.25. The molecular weight excluding hydrogens is 490 g/mol. The number of amidine groups is 1. The number of amides is 2. The van der Waals surface area contributed by atoms with Crippen LogP contribution >= 0.6 is 0 Å². The lowest BCUT2D eigenvalue weighted by atomic mass is 9.85. The van der Waals surface area contributed by atoms with Gasteiger partial charge in [-0.2, -0.15) is 5.26 Å². The summed E-state index contributed by atoms with van der Waals surface area (Å²) in [5, 5.41) is 14.5. The van der Waals surface area contributed by atoms with E-state index in [0.717, 1.165) is 68.7 Å².